The zero-order chi connectivity index (χ0) is 20.7. The Balaban J connectivity index is 0.000000528. The second kappa shape index (κ2) is 14.3. The molecule has 2 aliphatic rings. The predicted octanol–water partition coefficient (Wildman–Crippen LogP) is 5.86. The summed E-state index contributed by atoms with van der Waals surface area (Å²) in [5, 5.41) is 3.01. The smallest absolute Gasteiger partial charge is 0.349 e. The van der Waals surface area contributed by atoms with Crippen LogP contribution in [0.4, 0.5) is 13.2 Å². The van der Waals surface area contributed by atoms with Gasteiger partial charge in [0.1, 0.15) is 0 Å². The zero-order valence-electron chi connectivity index (χ0n) is 16.7. The molecule has 1 aliphatic heterocycles. The van der Waals surface area contributed by atoms with E-state index in [-0.39, 0.29) is 11.9 Å². The number of alkyl halides is 3. The van der Waals surface area contributed by atoms with E-state index in [0.717, 1.165) is 19.3 Å². The van der Waals surface area contributed by atoms with Gasteiger partial charge in [0.05, 0.1) is 12.6 Å². The summed E-state index contributed by atoms with van der Waals surface area (Å²) in [5.74, 6) is 0.730. The first kappa shape index (κ1) is 25.2. The Morgan fingerprint density at radius 3 is 2.44 bits per heavy atom. The highest BCUT2D eigenvalue weighted by Crippen LogP contribution is 2.24. The van der Waals surface area contributed by atoms with Crippen molar-refractivity contribution < 1.29 is 22.7 Å². The van der Waals surface area contributed by atoms with Gasteiger partial charge < -0.3 is 5.32 Å². The molecular formula is C21H32F3NO2. The summed E-state index contributed by atoms with van der Waals surface area (Å²) in [4.78, 5) is 11.1. The number of allylic oxidation sites excluding steroid dienone is 5. The van der Waals surface area contributed by atoms with Crippen molar-refractivity contribution in [3.8, 4) is 0 Å². The third-order valence-corrected chi connectivity index (χ3v) is 3.76. The number of carbonyl (C=O) groups is 1. The minimum Gasteiger partial charge on any atom is -0.349 e. The first-order valence-corrected chi connectivity index (χ1v) is 9.51. The quantitative estimate of drug-likeness (QED) is 0.600. The summed E-state index contributed by atoms with van der Waals surface area (Å²) in [6.07, 6.45) is 13.2. The highest BCUT2D eigenvalue weighted by molar-refractivity contribution is 5.79. The molecule has 1 fully saturated rings. The Morgan fingerprint density at radius 1 is 1.30 bits per heavy atom. The van der Waals surface area contributed by atoms with Gasteiger partial charge in [-0.2, -0.15) is 0 Å². The minimum absolute atomic E-state index is 0.187. The lowest BCUT2D eigenvalue weighted by molar-refractivity contribution is -0.319. The molecule has 1 N–H and O–H groups in total. The average Bonchev–Trinajstić information content (AvgIpc) is 3.08. The molecule has 0 saturated carbocycles. The summed E-state index contributed by atoms with van der Waals surface area (Å²) >= 11 is 0. The van der Waals surface area contributed by atoms with Crippen molar-refractivity contribution in [3.63, 3.8) is 0 Å². The van der Waals surface area contributed by atoms with Crippen molar-refractivity contribution in [2.45, 2.75) is 65.8 Å². The van der Waals surface area contributed by atoms with Gasteiger partial charge in [-0.1, -0.05) is 63.3 Å². The number of hydrogen-bond donors (Lipinski definition) is 1. The molecule has 1 amide bonds. The fourth-order valence-corrected chi connectivity index (χ4v) is 2.47. The molecule has 2 rings (SSSR count). The fraction of sp³-hybridized carbons (Fsp3) is 0.571. The molecular weight excluding hydrogens is 355 g/mol. The minimum atomic E-state index is -4.50. The van der Waals surface area contributed by atoms with Gasteiger partial charge in [0.25, 0.3) is 0 Å². The van der Waals surface area contributed by atoms with Gasteiger partial charge in [0.2, 0.25) is 5.91 Å². The molecule has 1 saturated heterocycles. The van der Waals surface area contributed by atoms with Gasteiger partial charge in [0.15, 0.2) is 0 Å². The standard InChI is InChI=1S/C14H19NO.C5H7F3O.C2H6/c1-2-3-4-11-5-7-12(8-6-11)13-9-10-14(16)15-13;1-2-3-4-9-5(6,7)8;1-2/h3-5,7-8,11,13H,2,6,9-10H2,1H3,(H,15,16);2-3H,4H2,1H3;1-2H3/b4-3+;3-2-;. The molecule has 2 unspecified atom stereocenters. The fourth-order valence-electron chi connectivity index (χ4n) is 2.47. The van der Waals surface area contributed by atoms with Crippen LogP contribution in [0.5, 0.6) is 0 Å². The van der Waals surface area contributed by atoms with E-state index in [0.29, 0.717) is 12.3 Å². The number of amides is 1. The van der Waals surface area contributed by atoms with E-state index in [2.05, 4.69) is 47.4 Å². The van der Waals surface area contributed by atoms with E-state index < -0.39 is 13.0 Å². The summed E-state index contributed by atoms with van der Waals surface area (Å²) < 4.78 is 36.8. The number of carbonyl (C=O) groups excluding carboxylic acids is 1. The summed E-state index contributed by atoms with van der Waals surface area (Å²) in [6.45, 7) is 7.37. The lowest BCUT2D eigenvalue weighted by Crippen LogP contribution is -2.27. The molecule has 0 aromatic heterocycles. The van der Waals surface area contributed by atoms with Gasteiger partial charge in [-0.05, 0) is 37.7 Å². The number of rotatable bonds is 5. The molecule has 0 aromatic carbocycles. The van der Waals surface area contributed by atoms with E-state index in [9.17, 15) is 18.0 Å². The monoisotopic (exact) mass is 387 g/mol. The Hall–Kier alpha value is -1.82. The average molecular weight is 387 g/mol. The van der Waals surface area contributed by atoms with E-state index in [1.807, 2.05) is 13.8 Å². The van der Waals surface area contributed by atoms with Crippen LogP contribution in [0.25, 0.3) is 0 Å². The molecule has 0 spiro atoms. The SMILES string of the molecule is C/C=C\COC(F)(F)F.CC.CC/C=C/C1C=CC(C2CCC(=O)N2)=CC1. The highest BCUT2D eigenvalue weighted by Gasteiger charge is 2.28. The summed E-state index contributed by atoms with van der Waals surface area (Å²) in [7, 11) is 0. The molecule has 2 atom stereocenters. The van der Waals surface area contributed by atoms with Gasteiger partial charge in [-0.15, -0.1) is 13.2 Å². The molecule has 3 nitrogen and oxygen atoms in total. The topological polar surface area (TPSA) is 38.3 Å². The second-order valence-corrected chi connectivity index (χ2v) is 5.78. The molecule has 1 heterocycles. The first-order valence-electron chi connectivity index (χ1n) is 9.51. The number of halogens is 3. The molecule has 0 bridgehead atoms. The lowest BCUT2D eigenvalue weighted by Gasteiger charge is -2.17. The Labute approximate surface area is 161 Å². The van der Waals surface area contributed by atoms with Crippen LogP contribution in [-0.4, -0.2) is 24.9 Å². The number of ether oxygens (including phenoxy) is 1. The maximum atomic E-state index is 11.1. The first-order chi connectivity index (χ1) is 12.9. The van der Waals surface area contributed by atoms with Crippen LogP contribution in [0.2, 0.25) is 0 Å². The maximum Gasteiger partial charge on any atom is 0.522 e. The summed E-state index contributed by atoms with van der Waals surface area (Å²) in [5.41, 5.74) is 1.28. The van der Waals surface area contributed by atoms with Crippen molar-refractivity contribution in [3.05, 3.63) is 48.1 Å². The van der Waals surface area contributed by atoms with Crippen molar-refractivity contribution >= 4 is 5.91 Å². The van der Waals surface area contributed by atoms with E-state index in [1.165, 1.54) is 17.7 Å². The molecule has 0 aromatic rings. The second-order valence-electron chi connectivity index (χ2n) is 5.78. The predicted molar refractivity (Wildman–Crippen MR) is 104 cm³/mol. The van der Waals surface area contributed by atoms with Crippen LogP contribution in [0.3, 0.4) is 0 Å². The van der Waals surface area contributed by atoms with Gasteiger partial charge in [-0.3, -0.25) is 9.53 Å². The lowest BCUT2D eigenvalue weighted by atomic mass is 9.92. The molecule has 0 radical (unpaired) electrons. The van der Waals surface area contributed by atoms with Gasteiger partial charge >= 0.3 is 6.36 Å². The Morgan fingerprint density at radius 2 is 2.00 bits per heavy atom. The van der Waals surface area contributed by atoms with Gasteiger partial charge in [0, 0.05) is 6.42 Å². The third-order valence-electron chi connectivity index (χ3n) is 3.76. The number of nitrogens with one attached hydrogen (secondary N) is 1. The van der Waals surface area contributed by atoms with Crippen LogP contribution < -0.4 is 5.32 Å². The van der Waals surface area contributed by atoms with Crippen LogP contribution in [0, 0.1) is 5.92 Å². The maximum absolute atomic E-state index is 11.1. The number of hydrogen-bond acceptors (Lipinski definition) is 2. The normalized spacial score (nSPS) is 22.0. The Kier molecular flexibility index (Phi) is 13.3. The zero-order valence-corrected chi connectivity index (χ0v) is 16.7. The van der Waals surface area contributed by atoms with Crippen molar-refractivity contribution in [2.24, 2.45) is 5.92 Å². The Bertz CT molecular complexity index is 534. The van der Waals surface area contributed by atoms with Crippen molar-refractivity contribution in [1.82, 2.24) is 5.32 Å². The molecule has 6 heteroatoms. The van der Waals surface area contributed by atoms with Gasteiger partial charge in [-0.25, -0.2) is 0 Å². The largest absolute Gasteiger partial charge is 0.522 e. The molecule has 27 heavy (non-hydrogen) atoms. The summed E-state index contributed by atoms with van der Waals surface area (Å²) in [6, 6.07) is 0.264. The van der Waals surface area contributed by atoms with E-state index in [4.69, 9.17) is 0 Å². The van der Waals surface area contributed by atoms with Crippen molar-refractivity contribution in [1.29, 1.82) is 0 Å². The van der Waals surface area contributed by atoms with E-state index >= 15 is 0 Å². The van der Waals surface area contributed by atoms with Crippen LogP contribution in [0.1, 0.15) is 53.4 Å². The van der Waals surface area contributed by atoms with E-state index in [1.54, 1.807) is 6.92 Å². The molecule has 1 aliphatic carbocycles. The van der Waals surface area contributed by atoms with Crippen LogP contribution in [-0.2, 0) is 9.53 Å². The third kappa shape index (κ3) is 12.2. The van der Waals surface area contributed by atoms with Crippen LogP contribution >= 0.6 is 0 Å². The van der Waals surface area contributed by atoms with Crippen molar-refractivity contribution in [2.75, 3.05) is 6.61 Å². The van der Waals surface area contributed by atoms with Crippen LogP contribution in [0.15, 0.2) is 48.1 Å². The highest BCUT2D eigenvalue weighted by atomic mass is 19.4. The molecule has 154 valence electrons.